The second-order valence-electron chi connectivity index (χ2n) is 17.0. The monoisotopic (exact) mass is 772 g/mol. The number of benzene rings is 2. The van der Waals surface area contributed by atoms with Gasteiger partial charge in [-0.3, -0.25) is 28.7 Å². The molecule has 55 heavy (non-hydrogen) atoms. The molecule has 6 atom stereocenters. The third kappa shape index (κ3) is 8.51. The van der Waals surface area contributed by atoms with E-state index in [2.05, 4.69) is 10.0 Å². The first-order valence-electron chi connectivity index (χ1n) is 19.7. The van der Waals surface area contributed by atoms with Gasteiger partial charge in [0.1, 0.15) is 17.2 Å². The van der Waals surface area contributed by atoms with Crippen LogP contribution in [0.4, 0.5) is 0 Å². The second kappa shape index (κ2) is 15.2. The van der Waals surface area contributed by atoms with Gasteiger partial charge in [-0.2, -0.15) is 0 Å². The fraction of sp³-hybridized carbons (Fsp3) is 0.548. The number of esters is 1. The van der Waals surface area contributed by atoms with Crippen LogP contribution in [0.3, 0.4) is 0 Å². The van der Waals surface area contributed by atoms with Crippen molar-refractivity contribution in [2.24, 2.45) is 23.7 Å². The summed E-state index contributed by atoms with van der Waals surface area (Å²) in [6, 6.07) is 16.2. The SMILES string of the molecule is CC(C)(C)OC(=O)C[C@@H]1CCCCC/C=C\[C@@H]2C[C@@]2(C(=O)NS(=O)(=O)C2CC2)NC(=O)[C@@H]2[C@H]3CN(C(=O)c4cccc(-c5ccccc5)c4)C[C@H]3CN2C1=O. The van der Waals surface area contributed by atoms with Crippen LogP contribution in [0.25, 0.3) is 11.1 Å². The van der Waals surface area contributed by atoms with Gasteiger partial charge in [0.25, 0.3) is 11.8 Å². The van der Waals surface area contributed by atoms with Crippen LogP contribution < -0.4 is 10.0 Å². The van der Waals surface area contributed by atoms with Gasteiger partial charge in [-0.25, -0.2) is 8.42 Å². The maximum Gasteiger partial charge on any atom is 0.307 e. The first-order valence-corrected chi connectivity index (χ1v) is 21.2. The molecule has 2 saturated carbocycles. The number of nitrogens with zero attached hydrogens (tertiary/aromatic N) is 2. The lowest BCUT2D eigenvalue weighted by molar-refractivity contribution is -0.159. The normalized spacial score (nSPS) is 29.1. The van der Waals surface area contributed by atoms with Crippen molar-refractivity contribution in [3.63, 3.8) is 0 Å². The summed E-state index contributed by atoms with van der Waals surface area (Å²) in [5, 5.41) is 2.33. The molecule has 0 aromatic heterocycles. The molecule has 3 aliphatic heterocycles. The van der Waals surface area contributed by atoms with E-state index in [4.69, 9.17) is 4.74 Å². The standard InChI is InChI=1S/C42H52N4O8S/c1-41(2,3)54-35(47)22-30-15-8-5-4-6-11-18-32-23-42(32,40(51)44-55(52,53)33-19-20-33)43-37(48)36-34-26-45(24-31(34)25-46(36)39(30)50)38(49)29-17-12-16-28(21-29)27-13-9-7-10-14-27/h7,9-14,16-18,21,30-34,36H,4-6,8,15,19-20,22-26H2,1-3H3,(H,43,48)(H,44,51)/b18-11-/t30-,31-,32+,34-,36-,42+/m0/s1. The van der Waals surface area contributed by atoms with E-state index in [9.17, 15) is 32.4 Å². The van der Waals surface area contributed by atoms with Gasteiger partial charge >= 0.3 is 5.97 Å². The molecular weight excluding hydrogens is 721 g/mol. The Labute approximate surface area is 323 Å². The number of ether oxygens (including phenoxy) is 1. The first kappa shape index (κ1) is 38.7. The Morgan fingerprint density at radius 1 is 0.927 bits per heavy atom. The fourth-order valence-corrected chi connectivity index (χ4v) is 9.96. The van der Waals surface area contributed by atoms with E-state index in [-0.39, 0.29) is 43.7 Å². The molecule has 294 valence electrons. The van der Waals surface area contributed by atoms with E-state index in [1.165, 1.54) is 0 Å². The van der Waals surface area contributed by atoms with Crippen molar-refractivity contribution in [3.8, 4) is 11.1 Å². The van der Waals surface area contributed by atoms with Gasteiger partial charge in [-0.05, 0) is 82.6 Å². The number of carbonyl (C=O) groups is 5. The lowest BCUT2D eigenvalue weighted by Gasteiger charge is -2.33. The van der Waals surface area contributed by atoms with Gasteiger partial charge in [0.2, 0.25) is 21.8 Å². The molecule has 0 radical (unpaired) electrons. The van der Waals surface area contributed by atoms with Crippen LogP contribution in [0.15, 0.2) is 66.7 Å². The van der Waals surface area contributed by atoms with Crippen molar-refractivity contribution in [1.29, 1.82) is 0 Å². The largest absolute Gasteiger partial charge is 0.460 e. The Bertz CT molecular complexity index is 1970. The fourth-order valence-electron chi connectivity index (χ4n) is 8.60. The molecule has 4 amide bonds. The summed E-state index contributed by atoms with van der Waals surface area (Å²) in [5.41, 5.74) is 0.163. The molecule has 3 heterocycles. The van der Waals surface area contributed by atoms with Crippen molar-refractivity contribution in [3.05, 3.63) is 72.3 Å². The van der Waals surface area contributed by atoms with E-state index in [0.29, 0.717) is 44.2 Å². The number of rotatable bonds is 7. The molecule has 0 spiro atoms. The van der Waals surface area contributed by atoms with Gasteiger partial charge in [-0.15, -0.1) is 0 Å². The number of nitrogens with one attached hydrogen (secondary N) is 2. The molecule has 4 fully saturated rings. The van der Waals surface area contributed by atoms with E-state index < -0.39 is 68.0 Å². The molecule has 13 heteroatoms. The lowest BCUT2D eigenvalue weighted by Crippen LogP contribution is -2.58. The van der Waals surface area contributed by atoms with Crippen LogP contribution in [0.5, 0.6) is 0 Å². The van der Waals surface area contributed by atoms with Crippen LogP contribution in [0, 0.1) is 23.7 Å². The van der Waals surface area contributed by atoms with Crippen LogP contribution in [-0.2, 0) is 33.9 Å². The minimum atomic E-state index is -3.89. The van der Waals surface area contributed by atoms with Crippen molar-refractivity contribution in [1.82, 2.24) is 19.8 Å². The van der Waals surface area contributed by atoms with Gasteiger partial charge < -0.3 is 19.9 Å². The third-order valence-corrected chi connectivity index (χ3v) is 13.5. The summed E-state index contributed by atoms with van der Waals surface area (Å²) in [6.45, 7) is 6.04. The highest BCUT2D eigenvalue weighted by Gasteiger charge is 2.63. The predicted octanol–water partition coefficient (Wildman–Crippen LogP) is 4.60. The summed E-state index contributed by atoms with van der Waals surface area (Å²) < 4.78 is 33.7. The molecule has 0 unspecified atom stereocenters. The number of hydrogen-bond acceptors (Lipinski definition) is 8. The zero-order chi connectivity index (χ0) is 39.1. The summed E-state index contributed by atoms with van der Waals surface area (Å²) in [5.74, 6) is -4.18. The maximum atomic E-state index is 14.7. The predicted molar refractivity (Wildman–Crippen MR) is 206 cm³/mol. The Morgan fingerprint density at radius 2 is 1.67 bits per heavy atom. The molecule has 2 N–H and O–H groups in total. The number of allylic oxidation sites excluding steroid dienone is 1. The average molecular weight is 773 g/mol. The van der Waals surface area contributed by atoms with Crippen molar-refractivity contribution in [2.45, 2.75) is 101 Å². The summed E-state index contributed by atoms with van der Waals surface area (Å²) in [4.78, 5) is 73.6. The first-order chi connectivity index (χ1) is 26.1. The van der Waals surface area contributed by atoms with Crippen LogP contribution in [0.1, 0.15) is 88.9 Å². The van der Waals surface area contributed by atoms with Crippen LogP contribution in [0.2, 0.25) is 0 Å². The molecule has 2 aliphatic carbocycles. The van der Waals surface area contributed by atoms with Crippen LogP contribution in [-0.4, -0.2) is 89.9 Å². The van der Waals surface area contributed by atoms with Crippen molar-refractivity contribution < 1.29 is 37.1 Å². The smallest absolute Gasteiger partial charge is 0.307 e. The molecule has 0 bridgehead atoms. The van der Waals surface area contributed by atoms with Gasteiger partial charge in [0.15, 0.2) is 0 Å². The topological polar surface area (TPSA) is 159 Å². The van der Waals surface area contributed by atoms with Crippen molar-refractivity contribution in [2.75, 3.05) is 19.6 Å². The van der Waals surface area contributed by atoms with E-state index >= 15 is 0 Å². The van der Waals surface area contributed by atoms with E-state index in [1.807, 2.05) is 60.7 Å². The third-order valence-electron chi connectivity index (χ3n) is 11.7. The highest BCUT2D eigenvalue weighted by molar-refractivity contribution is 7.91. The molecule has 7 rings (SSSR count). The number of hydrogen-bond donors (Lipinski definition) is 2. The summed E-state index contributed by atoms with van der Waals surface area (Å²) in [7, 11) is -3.89. The molecule has 2 saturated heterocycles. The van der Waals surface area contributed by atoms with Gasteiger partial charge in [0, 0.05) is 48.9 Å². The zero-order valence-electron chi connectivity index (χ0n) is 31.9. The Hall–Kier alpha value is -4.52. The number of likely N-dealkylation sites (tertiary alicyclic amines) is 1. The Kier molecular flexibility index (Phi) is 10.7. The maximum absolute atomic E-state index is 14.7. The highest BCUT2D eigenvalue weighted by atomic mass is 32.2. The number of sulfonamides is 1. The summed E-state index contributed by atoms with van der Waals surface area (Å²) in [6.07, 6.45) is 8.38. The quantitative estimate of drug-likeness (QED) is 0.305. The minimum Gasteiger partial charge on any atom is -0.460 e. The Balaban J connectivity index is 1.18. The number of carbonyl (C=O) groups excluding carboxylic acids is 5. The van der Waals surface area contributed by atoms with Gasteiger partial charge in [-0.1, -0.05) is 67.5 Å². The molecular formula is C42H52N4O8S. The summed E-state index contributed by atoms with van der Waals surface area (Å²) >= 11 is 0. The van der Waals surface area contributed by atoms with E-state index in [0.717, 1.165) is 24.0 Å². The molecule has 5 aliphatic rings. The van der Waals surface area contributed by atoms with Crippen molar-refractivity contribution >= 4 is 39.6 Å². The second-order valence-corrected chi connectivity index (χ2v) is 19.0. The number of amides is 4. The molecule has 12 nitrogen and oxygen atoms in total. The van der Waals surface area contributed by atoms with Gasteiger partial charge in [0.05, 0.1) is 11.7 Å². The molecule has 2 aromatic rings. The van der Waals surface area contributed by atoms with Crippen LogP contribution >= 0.6 is 0 Å². The minimum absolute atomic E-state index is 0.133. The average Bonchev–Trinajstić information content (AvgIpc) is 4.04. The lowest BCUT2D eigenvalue weighted by atomic mass is 9.92. The molecule has 2 aromatic carbocycles. The Morgan fingerprint density at radius 3 is 2.40 bits per heavy atom. The van der Waals surface area contributed by atoms with E-state index in [1.54, 1.807) is 36.6 Å². The zero-order valence-corrected chi connectivity index (χ0v) is 32.7. The number of fused-ring (bicyclic) bond motifs is 4. The highest BCUT2D eigenvalue weighted by Crippen LogP contribution is 2.47.